The van der Waals surface area contributed by atoms with Crippen molar-refractivity contribution in [1.29, 1.82) is 0 Å². The van der Waals surface area contributed by atoms with Crippen molar-refractivity contribution in [3.05, 3.63) is 38.9 Å². The largest absolute Gasteiger partial charge is 0.333 e. The van der Waals surface area contributed by atoms with Crippen LogP contribution in [0.2, 0.25) is 5.02 Å². The van der Waals surface area contributed by atoms with Gasteiger partial charge in [0, 0.05) is 36.3 Å². The van der Waals surface area contributed by atoms with Gasteiger partial charge in [0.1, 0.15) is 5.56 Å². The van der Waals surface area contributed by atoms with E-state index in [2.05, 4.69) is 5.32 Å². The van der Waals surface area contributed by atoms with Crippen molar-refractivity contribution in [1.82, 2.24) is 10.2 Å². The Morgan fingerprint density at radius 1 is 1.48 bits per heavy atom. The Morgan fingerprint density at radius 2 is 2.14 bits per heavy atom. The van der Waals surface area contributed by atoms with Gasteiger partial charge in [-0.2, -0.15) is 0 Å². The summed E-state index contributed by atoms with van der Waals surface area (Å²) >= 11 is 5.76. The van der Waals surface area contributed by atoms with Gasteiger partial charge in [-0.05, 0) is 26.0 Å². The van der Waals surface area contributed by atoms with Gasteiger partial charge in [-0.25, -0.2) is 0 Å². The quantitative estimate of drug-likeness (QED) is 0.666. The minimum absolute atomic E-state index is 0. The van der Waals surface area contributed by atoms with E-state index in [1.54, 1.807) is 4.90 Å². The number of hydrogen-bond acceptors (Lipinski definition) is 4. The van der Waals surface area contributed by atoms with Gasteiger partial charge in [0.15, 0.2) is 0 Å². The minimum atomic E-state index is -0.574. The van der Waals surface area contributed by atoms with E-state index in [9.17, 15) is 14.9 Å². The molecule has 8 heteroatoms. The fourth-order valence-corrected chi connectivity index (χ4v) is 2.46. The molecule has 21 heavy (non-hydrogen) atoms. The molecule has 0 saturated carbocycles. The Balaban J connectivity index is 0.00000220. The fourth-order valence-electron chi connectivity index (χ4n) is 2.30. The molecule has 1 heterocycles. The van der Waals surface area contributed by atoms with Crippen molar-refractivity contribution < 1.29 is 9.72 Å². The van der Waals surface area contributed by atoms with E-state index >= 15 is 0 Å². The highest BCUT2D eigenvalue weighted by Gasteiger charge is 2.31. The average Bonchev–Trinajstić information content (AvgIpc) is 2.40. The molecule has 2 atom stereocenters. The predicted octanol–water partition coefficient (Wildman–Crippen LogP) is 2.49. The number of rotatable bonds is 2. The molecule has 0 aliphatic carbocycles. The standard InChI is InChI=1S/C13H16ClN3O3.ClH/c1-8-7-16(9(2)6-15-8)13(18)11-4-3-10(14)5-12(11)17(19)20;/h3-5,8-9,15H,6-7H2,1-2H3;1H. The molecule has 0 bridgehead atoms. The lowest BCUT2D eigenvalue weighted by Crippen LogP contribution is -2.56. The molecule has 1 saturated heterocycles. The number of nitro benzene ring substituents is 1. The molecule has 1 aromatic carbocycles. The lowest BCUT2D eigenvalue weighted by atomic mass is 10.1. The van der Waals surface area contributed by atoms with E-state index in [0.29, 0.717) is 13.1 Å². The molecule has 1 fully saturated rings. The van der Waals surface area contributed by atoms with Gasteiger partial charge in [0.25, 0.3) is 11.6 Å². The minimum Gasteiger partial charge on any atom is -0.333 e. The number of benzene rings is 1. The average molecular weight is 334 g/mol. The maximum absolute atomic E-state index is 12.5. The highest BCUT2D eigenvalue weighted by Crippen LogP contribution is 2.25. The van der Waals surface area contributed by atoms with E-state index in [-0.39, 0.29) is 46.7 Å². The van der Waals surface area contributed by atoms with E-state index in [0.717, 1.165) is 0 Å². The van der Waals surface area contributed by atoms with Gasteiger partial charge in [0.05, 0.1) is 4.92 Å². The number of halogens is 2. The van der Waals surface area contributed by atoms with Crippen molar-refractivity contribution in [3.63, 3.8) is 0 Å². The number of carbonyl (C=O) groups excluding carboxylic acids is 1. The topological polar surface area (TPSA) is 75.5 Å². The first-order valence-electron chi connectivity index (χ1n) is 6.38. The first-order chi connectivity index (χ1) is 9.40. The van der Waals surface area contributed by atoms with Gasteiger partial charge in [-0.1, -0.05) is 11.6 Å². The summed E-state index contributed by atoms with van der Waals surface area (Å²) in [4.78, 5) is 24.7. The summed E-state index contributed by atoms with van der Waals surface area (Å²) in [6.07, 6.45) is 0. The molecule has 1 N–H and O–H groups in total. The number of nitrogens with zero attached hydrogens (tertiary/aromatic N) is 2. The van der Waals surface area contributed by atoms with Gasteiger partial charge in [-0.15, -0.1) is 12.4 Å². The van der Waals surface area contributed by atoms with Crippen LogP contribution in [0.1, 0.15) is 24.2 Å². The van der Waals surface area contributed by atoms with E-state index < -0.39 is 4.92 Å². The van der Waals surface area contributed by atoms with Crippen LogP contribution in [0.3, 0.4) is 0 Å². The van der Waals surface area contributed by atoms with Crippen molar-refractivity contribution >= 4 is 35.6 Å². The molecule has 1 aliphatic rings. The molecular weight excluding hydrogens is 317 g/mol. The van der Waals surface area contributed by atoms with Crippen LogP contribution >= 0.6 is 24.0 Å². The van der Waals surface area contributed by atoms with Crippen LogP contribution in [0.15, 0.2) is 18.2 Å². The zero-order valence-corrected chi connectivity index (χ0v) is 13.3. The summed E-state index contributed by atoms with van der Waals surface area (Å²) in [7, 11) is 0. The molecular formula is C13H17Cl2N3O3. The summed E-state index contributed by atoms with van der Waals surface area (Å²) in [6, 6.07) is 4.29. The predicted molar refractivity (Wildman–Crippen MR) is 83.3 cm³/mol. The molecule has 2 unspecified atom stereocenters. The second-order valence-corrected chi connectivity index (χ2v) is 5.47. The normalized spacial score (nSPS) is 21.6. The van der Waals surface area contributed by atoms with E-state index in [1.165, 1.54) is 18.2 Å². The number of hydrogen-bond donors (Lipinski definition) is 1. The first-order valence-corrected chi connectivity index (χ1v) is 6.76. The molecule has 0 aromatic heterocycles. The maximum atomic E-state index is 12.5. The third-order valence-corrected chi connectivity index (χ3v) is 3.65. The maximum Gasteiger partial charge on any atom is 0.283 e. The molecule has 1 aliphatic heterocycles. The van der Waals surface area contributed by atoms with Crippen LogP contribution in [0, 0.1) is 10.1 Å². The van der Waals surface area contributed by atoms with Crippen LogP contribution in [0.4, 0.5) is 5.69 Å². The summed E-state index contributed by atoms with van der Waals surface area (Å²) in [6.45, 7) is 5.09. The molecule has 116 valence electrons. The number of nitro groups is 1. The second kappa shape index (κ2) is 7.06. The van der Waals surface area contributed by atoms with Crippen LogP contribution < -0.4 is 5.32 Å². The molecule has 1 amide bonds. The highest BCUT2D eigenvalue weighted by molar-refractivity contribution is 6.31. The van der Waals surface area contributed by atoms with Crippen molar-refractivity contribution in [3.8, 4) is 0 Å². The molecule has 6 nitrogen and oxygen atoms in total. The summed E-state index contributed by atoms with van der Waals surface area (Å²) in [5.74, 6) is -0.325. The lowest BCUT2D eigenvalue weighted by molar-refractivity contribution is -0.385. The van der Waals surface area contributed by atoms with Crippen LogP contribution in [0.5, 0.6) is 0 Å². The van der Waals surface area contributed by atoms with Gasteiger partial charge < -0.3 is 10.2 Å². The SMILES string of the molecule is CC1CN(C(=O)c2ccc(Cl)cc2[N+](=O)[O-])C(C)CN1.Cl. The summed E-state index contributed by atoms with van der Waals surface area (Å²) < 4.78 is 0. The van der Waals surface area contributed by atoms with E-state index in [1.807, 2.05) is 13.8 Å². The molecule has 0 spiro atoms. The Bertz CT molecular complexity index is 553. The summed E-state index contributed by atoms with van der Waals surface area (Å²) in [5, 5.41) is 14.6. The summed E-state index contributed by atoms with van der Waals surface area (Å²) in [5.41, 5.74) is -0.166. The second-order valence-electron chi connectivity index (χ2n) is 5.03. The van der Waals surface area contributed by atoms with Gasteiger partial charge in [0.2, 0.25) is 0 Å². The lowest BCUT2D eigenvalue weighted by Gasteiger charge is -2.37. The Labute approximate surface area is 134 Å². The van der Waals surface area contributed by atoms with Crippen LogP contribution in [0.25, 0.3) is 0 Å². The fraction of sp³-hybridized carbons (Fsp3) is 0.462. The van der Waals surface area contributed by atoms with Crippen LogP contribution in [-0.4, -0.2) is 40.9 Å². The smallest absolute Gasteiger partial charge is 0.283 e. The molecule has 1 aromatic rings. The van der Waals surface area contributed by atoms with Crippen molar-refractivity contribution in [2.24, 2.45) is 0 Å². The number of nitrogens with one attached hydrogen (secondary N) is 1. The Morgan fingerprint density at radius 3 is 2.76 bits per heavy atom. The Kier molecular flexibility index (Phi) is 5.95. The van der Waals surface area contributed by atoms with Crippen molar-refractivity contribution in [2.45, 2.75) is 25.9 Å². The molecule has 0 radical (unpaired) electrons. The van der Waals surface area contributed by atoms with Gasteiger partial charge in [-0.3, -0.25) is 14.9 Å². The van der Waals surface area contributed by atoms with Gasteiger partial charge >= 0.3 is 0 Å². The first kappa shape index (κ1) is 17.7. The number of piperazine rings is 1. The number of amides is 1. The molecule has 2 rings (SSSR count). The zero-order valence-electron chi connectivity index (χ0n) is 11.7. The van der Waals surface area contributed by atoms with E-state index in [4.69, 9.17) is 11.6 Å². The third-order valence-electron chi connectivity index (χ3n) is 3.41. The van der Waals surface area contributed by atoms with Crippen LogP contribution in [-0.2, 0) is 0 Å². The number of carbonyl (C=O) groups is 1. The monoisotopic (exact) mass is 333 g/mol. The highest BCUT2D eigenvalue weighted by atomic mass is 35.5. The van der Waals surface area contributed by atoms with Crippen molar-refractivity contribution in [2.75, 3.05) is 13.1 Å². The third kappa shape index (κ3) is 3.84. The zero-order chi connectivity index (χ0) is 14.9. The Hall–Kier alpha value is -1.37.